The van der Waals surface area contributed by atoms with Gasteiger partial charge in [0.15, 0.2) is 10.9 Å². The van der Waals surface area contributed by atoms with E-state index in [2.05, 4.69) is 4.99 Å². The zero-order valence-electron chi connectivity index (χ0n) is 17.2. The van der Waals surface area contributed by atoms with Gasteiger partial charge in [-0.3, -0.25) is 4.99 Å². The van der Waals surface area contributed by atoms with Gasteiger partial charge in [-0.15, -0.1) is 0 Å². The largest absolute Gasteiger partial charge is 0.550 e. The molecule has 4 N–H and O–H groups in total. The van der Waals surface area contributed by atoms with E-state index in [1.807, 2.05) is 0 Å². The van der Waals surface area contributed by atoms with Gasteiger partial charge in [0.05, 0.1) is 16.7 Å². The van der Waals surface area contributed by atoms with Gasteiger partial charge < -0.3 is 44.8 Å². The minimum absolute atomic E-state index is 0.0255. The number of primary sulfonamides is 1. The number of nitrogens with zero attached hydrogens (tertiary/aromatic N) is 2. The number of carbonyl (C=O) groups is 3. The van der Waals surface area contributed by atoms with Crippen LogP contribution in [0.25, 0.3) is 0 Å². The number of benzene rings is 1. The van der Waals surface area contributed by atoms with E-state index in [1.165, 1.54) is 23.9 Å². The van der Waals surface area contributed by atoms with Gasteiger partial charge in [0.1, 0.15) is 10.5 Å². The number of aliphatic imine (C=N–C) groups is 1. The van der Waals surface area contributed by atoms with E-state index in [1.54, 1.807) is 25.1 Å². The fourth-order valence-corrected chi connectivity index (χ4v) is 4.90. The number of sulfonamides is 1. The van der Waals surface area contributed by atoms with Crippen molar-refractivity contribution >= 4 is 56.5 Å². The van der Waals surface area contributed by atoms with Crippen molar-refractivity contribution < 1.29 is 48.3 Å². The molecule has 1 aromatic rings. The molecule has 1 aliphatic heterocycles. The minimum Gasteiger partial charge on any atom is -0.550 e. The lowest BCUT2D eigenvalue weighted by Crippen LogP contribution is -2.54. The Morgan fingerprint density at radius 3 is 2.15 bits per heavy atom. The van der Waals surface area contributed by atoms with E-state index in [4.69, 9.17) is 21.8 Å². The lowest BCUT2D eigenvalue weighted by Gasteiger charge is -2.31. The molecule has 0 aliphatic carbocycles. The molecule has 2 rings (SSSR count). The fraction of sp³-hybridized carbons (Fsp3) is 0.412. The number of amidine groups is 1. The second-order valence-electron chi connectivity index (χ2n) is 6.78. The molecule has 0 amide bonds. The van der Waals surface area contributed by atoms with Crippen LogP contribution >= 0.6 is 23.4 Å². The van der Waals surface area contributed by atoms with E-state index in [9.17, 15) is 43.2 Å². The molecule has 0 saturated carbocycles. The standard InChI is InChI=1S/C11H14ClN3O3S2.C6H8O7/c1-14-10-15(2)11(16,6-19-10)7-3-4-8(12)9(5-7)20(13,17)18;7-3(8)1-6(13,5(11)12)2-4(9)10/h3-5,16H,6H2,1-2H3,(H2,13,17,18);13H,1-2H2,(H,7,8)(H,9,10)(H,11,12)/p-3. The Bertz CT molecular complexity index is 1060. The number of hydrogen-bond acceptors (Lipinski definition) is 12. The summed E-state index contributed by atoms with van der Waals surface area (Å²) in [5, 5.41) is 55.5. The Morgan fingerprint density at radius 1 is 1.27 bits per heavy atom. The van der Waals surface area contributed by atoms with E-state index >= 15 is 0 Å². The van der Waals surface area contributed by atoms with Crippen LogP contribution in [0.5, 0.6) is 0 Å². The number of halogens is 1. The van der Waals surface area contributed by atoms with Crippen molar-refractivity contribution in [3.8, 4) is 0 Å². The monoisotopic (exact) mass is 524 g/mol. The number of nitrogens with two attached hydrogens (primary N) is 1. The number of aliphatic hydroxyl groups is 2. The third-order valence-corrected chi connectivity index (χ3v) is 7.04. The van der Waals surface area contributed by atoms with E-state index < -0.39 is 52.1 Å². The summed E-state index contributed by atoms with van der Waals surface area (Å²) < 4.78 is 23.0. The van der Waals surface area contributed by atoms with Crippen LogP contribution < -0.4 is 20.5 Å². The van der Waals surface area contributed by atoms with Gasteiger partial charge in [-0.05, 0) is 12.1 Å². The van der Waals surface area contributed by atoms with Crippen molar-refractivity contribution in [1.82, 2.24) is 4.90 Å². The Balaban J connectivity index is 0.000000366. The molecule has 1 fully saturated rings. The first-order chi connectivity index (χ1) is 15.0. The van der Waals surface area contributed by atoms with Crippen LogP contribution in [-0.4, -0.2) is 72.1 Å². The molecule has 0 aromatic heterocycles. The minimum atomic E-state index is -3.95. The molecule has 0 radical (unpaired) electrons. The van der Waals surface area contributed by atoms with Crippen LogP contribution in [-0.2, 0) is 30.1 Å². The third kappa shape index (κ3) is 7.02. The highest BCUT2D eigenvalue weighted by Crippen LogP contribution is 2.39. The van der Waals surface area contributed by atoms with Crippen molar-refractivity contribution in [2.45, 2.75) is 29.1 Å². The molecule has 184 valence electrons. The summed E-state index contributed by atoms with van der Waals surface area (Å²) in [6.07, 6.45) is -2.72. The lowest BCUT2D eigenvalue weighted by atomic mass is 9.96. The van der Waals surface area contributed by atoms with E-state index in [0.717, 1.165) is 0 Å². The zero-order chi connectivity index (χ0) is 25.8. The van der Waals surface area contributed by atoms with Crippen LogP contribution in [0.15, 0.2) is 28.1 Å². The quantitative estimate of drug-likeness (QED) is 0.306. The second kappa shape index (κ2) is 10.7. The van der Waals surface area contributed by atoms with E-state index in [-0.39, 0.29) is 9.92 Å². The summed E-state index contributed by atoms with van der Waals surface area (Å²) in [7, 11) is -0.632. The van der Waals surface area contributed by atoms with Crippen LogP contribution in [0.1, 0.15) is 18.4 Å². The average molecular weight is 525 g/mol. The normalized spacial score (nSPS) is 19.7. The SMILES string of the molecule is CN=C1SCC(O)(c2ccc(Cl)c(S(N)(=O)=O)c2)N1C.O=C([O-])CC(O)(CC(=O)[O-])C(=O)[O-]. The average Bonchev–Trinajstić information content (AvgIpc) is 2.95. The van der Waals surface area contributed by atoms with Gasteiger partial charge in [-0.25, -0.2) is 13.6 Å². The Labute approximate surface area is 197 Å². The first kappa shape index (κ1) is 28.6. The molecule has 16 heteroatoms. The van der Waals surface area contributed by atoms with Gasteiger partial charge in [0.2, 0.25) is 10.0 Å². The van der Waals surface area contributed by atoms with Crippen LogP contribution in [0.3, 0.4) is 0 Å². The van der Waals surface area contributed by atoms with Gasteiger partial charge in [-0.2, -0.15) is 0 Å². The molecule has 1 aliphatic rings. The lowest BCUT2D eigenvalue weighted by molar-refractivity contribution is -0.339. The number of hydrogen-bond donors (Lipinski definition) is 3. The molecule has 1 saturated heterocycles. The number of carboxylic acids is 3. The fourth-order valence-electron chi connectivity index (χ4n) is 2.66. The number of rotatable bonds is 7. The summed E-state index contributed by atoms with van der Waals surface area (Å²) in [5.74, 6) is -5.65. The third-order valence-electron chi connectivity index (χ3n) is 4.39. The smallest absolute Gasteiger partial charge is 0.239 e. The highest BCUT2D eigenvalue weighted by atomic mass is 35.5. The summed E-state index contributed by atoms with van der Waals surface area (Å²) >= 11 is 7.22. The van der Waals surface area contributed by atoms with Crippen LogP contribution in [0, 0.1) is 0 Å². The molecular weight excluding hydrogens is 506 g/mol. The molecular formula is C17H19ClN3O10S2-3. The predicted molar refractivity (Wildman–Crippen MR) is 110 cm³/mol. The molecule has 1 atom stereocenters. The first-order valence-electron chi connectivity index (χ1n) is 8.70. The Morgan fingerprint density at radius 2 is 1.79 bits per heavy atom. The highest BCUT2D eigenvalue weighted by molar-refractivity contribution is 8.14. The van der Waals surface area contributed by atoms with E-state index in [0.29, 0.717) is 16.5 Å². The summed E-state index contributed by atoms with van der Waals surface area (Å²) in [6.45, 7) is 0. The summed E-state index contributed by atoms with van der Waals surface area (Å²) in [5.41, 5.74) is -3.92. The van der Waals surface area contributed by atoms with Gasteiger partial charge >= 0.3 is 0 Å². The van der Waals surface area contributed by atoms with Crippen LogP contribution in [0.4, 0.5) is 0 Å². The first-order valence-corrected chi connectivity index (χ1v) is 11.6. The van der Waals surface area contributed by atoms with Gasteiger partial charge in [0, 0.05) is 44.4 Å². The molecule has 33 heavy (non-hydrogen) atoms. The van der Waals surface area contributed by atoms with Crippen molar-refractivity contribution in [2.24, 2.45) is 10.1 Å². The van der Waals surface area contributed by atoms with Crippen LogP contribution in [0.2, 0.25) is 5.02 Å². The molecule has 1 aromatic carbocycles. The summed E-state index contributed by atoms with van der Waals surface area (Å²) in [4.78, 5) is 35.4. The maximum atomic E-state index is 11.5. The number of carboxylic acid groups (broad SMARTS) is 3. The maximum Gasteiger partial charge on any atom is 0.239 e. The topological polar surface area (TPSA) is 237 Å². The van der Waals surface area contributed by atoms with Crippen molar-refractivity contribution in [3.05, 3.63) is 28.8 Å². The Kier molecular flexibility index (Phi) is 9.24. The zero-order valence-corrected chi connectivity index (χ0v) is 19.6. The number of carbonyl (C=O) groups excluding carboxylic acids is 3. The molecule has 13 nitrogen and oxygen atoms in total. The van der Waals surface area contributed by atoms with Crippen molar-refractivity contribution in [3.63, 3.8) is 0 Å². The molecule has 0 spiro atoms. The predicted octanol–water partition coefficient (Wildman–Crippen LogP) is -4.46. The van der Waals surface area contributed by atoms with Gasteiger partial charge in [0.25, 0.3) is 0 Å². The molecule has 1 unspecified atom stereocenters. The molecule has 1 heterocycles. The number of thioether (sulfide) groups is 1. The van der Waals surface area contributed by atoms with Crippen molar-refractivity contribution in [2.75, 3.05) is 19.8 Å². The number of aliphatic carboxylic acids is 3. The summed E-state index contributed by atoms with van der Waals surface area (Å²) in [6, 6.07) is 4.29. The Hall–Kier alpha value is -2.43. The molecule has 0 bridgehead atoms. The van der Waals surface area contributed by atoms with Crippen molar-refractivity contribution in [1.29, 1.82) is 0 Å². The van der Waals surface area contributed by atoms with Gasteiger partial charge in [-0.1, -0.05) is 29.4 Å². The highest BCUT2D eigenvalue weighted by Gasteiger charge is 2.43. The second-order valence-corrected chi connectivity index (χ2v) is 9.66. The maximum absolute atomic E-state index is 11.5.